The van der Waals surface area contributed by atoms with Crippen LogP contribution in [-0.2, 0) is 21.8 Å². The summed E-state index contributed by atoms with van der Waals surface area (Å²) in [5.74, 6) is 0.332. The SMILES string of the molecule is CCOC(=O)Cc1ccc(CCl)s1. The molecule has 2 nitrogen and oxygen atoms in total. The summed E-state index contributed by atoms with van der Waals surface area (Å²) in [5, 5.41) is 0. The topological polar surface area (TPSA) is 26.3 Å². The molecule has 0 unspecified atom stereocenters. The molecule has 1 aromatic heterocycles. The molecule has 0 atom stereocenters. The number of carbonyl (C=O) groups excluding carboxylic acids is 1. The summed E-state index contributed by atoms with van der Waals surface area (Å²) in [6.45, 7) is 2.24. The minimum Gasteiger partial charge on any atom is -0.466 e. The zero-order valence-corrected chi connectivity index (χ0v) is 8.95. The lowest BCUT2D eigenvalue weighted by molar-refractivity contribution is -0.142. The molecule has 0 N–H and O–H groups in total. The third kappa shape index (κ3) is 3.36. The molecule has 1 heterocycles. The highest BCUT2D eigenvalue weighted by atomic mass is 35.5. The molecule has 0 radical (unpaired) electrons. The highest BCUT2D eigenvalue weighted by Crippen LogP contribution is 2.18. The molecule has 1 rings (SSSR count). The van der Waals surface area contributed by atoms with Crippen LogP contribution in [0, 0.1) is 0 Å². The molecule has 0 fully saturated rings. The molecule has 1 aromatic rings. The van der Waals surface area contributed by atoms with E-state index in [9.17, 15) is 4.79 Å². The smallest absolute Gasteiger partial charge is 0.311 e. The van der Waals surface area contributed by atoms with Crippen LogP contribution in [0.15, 0.2) is 12.1 Å². The van der Waals surface area contributed by atoms with Gasteiger partial charge in [0.25, 0.3) is 0 Å². The Morgan fingerprint density at radius 3 is 2.77 bits per heavy atom. The van der Waals surface area contributed by atoms with Crippen molar-refractivity contribution < 1.29 is 9.53 Å². The predicted octanol–water partition coefficient (Wildman–Crippen LogP) is 2.59. The number of halogens is 1. The molecule has 0 aliphatic heterocycles. The maximum atomic E-state index is 11.1. The number of rotatable bonds is 4. The van der Waals surface area contributed by atoms with E-state index in [0.717, 1.165) is 9.75 Å². The second-order valence-electron chi connectivity index (χ2n) is 2.48. The van der Waals surface area contributed by atoms with Gasteiger partial charge in [0.1, 0.15) is 0 Å². The van der Waals surface area contributed by atoms with E-state index in [-0.39, 0.29) is 5.97 Å². The molecule has 0 spiro atoms. The van der Waals surface area contributed by atoms with E-state index in [2.05, 4.69) is 0 Å². The van der Waals surface area contributed by atoms with Gasteiger partial charge in [0.2, 0.25) is 0 Å². The van der Waals surface area contributed by atoms with Crippen molar-refractivity contribution in [3.05, 3.63) is 21.9 Å². The fourth-order valence-corrected chi connectivity index (χ4v) is 2.05. The molecule has 0 amide bonds. The average molecular weight is 219 g/mol. The second-order valence-corrected chi connectivity index (χ2v) is 4.00. The summed E-state index contributed by atoms with van der Waals surface area (Å²) in [6, 6.07) is 3.85. The van der Waals surface area contributed by atoms with E-state index in [1.165, 1.54) is 0 Å². The van der Waals surface area contributed by atoms with E-state index >= 15 is 0 Å². The molecular weight excluding hydrogens is 208 g/mol. The minimum absolute atomic E-state index is 0.175. The molecule has 0 aromatic carbocycles. The first-order chi connectivity index (χ1) is 6.26. The zero-order valence-electron chi connectivity index (χ0n) is 7.38. The van der Waals surface area contributed by atoms with E-state index in [1.54, 1.807) is 18.3 Å². The molecule has 72 valence electrons. The first kappa shape index (κ1) is 10.5. The quantitative estimate of drug-likeness (QED) is 0.574. The van der Waals surface area contributed by atoms with Crippen LogP contribution in [-0.4, -0.2) is 12.6 Å². The van der Waals surface area contributed by atoms with Crippen molar-refractivity contribution in [2.24, 2.45) is 0 Å². The van der Waals surface area contributed by atoms with Crippen molar-refractivity contribution in [2.75, 3.05) is 6.61 Å². The molecule has 4 heteroatoms. The van der Waals surface area contributed by atoms with Gasteiger partial charge in [0.15, 0.2) is 0 Å². The molecule has 0 saturated carbocycles. The second kappa shape index (κ2) is 5.25. The van der Waals surface area contributed by atoms with Crippen molar-refractivity contribution in [3.8, 4) is 0 Å². The van der Waals surface area contributed by atoms with Crippen molar-refractivity contribution >= 4 is 28.9 Å². The fourth-order valence-electron chi connectivity index (χ4n) is 0.943. The van der Waals surface area contributed by atoms with Crippen LogP contribution in [0.1, 0.15) is 16.7 Å². The van der Waals surface area contributed by atoms with Crippen LogP contribution in [0.3, 0.4) is 0 Å². The van der Waals surface area contributed by atoms with E-state index < -0.39 is 0 Å². The number of ether oxygens (including phenoxy) is 1. The number of hydrogen-bond acceptors (Lipinski definition) is 3. The van der Waals surface area contributed by atoms with E-state index in [4.69, 9.17) is 16.3 Å². The van der Waals surface area contributed by atoms with Gasteiger partial charge in [-0.3, -0.25) is 4.79 Å². The predicted molar refractivity (Wildman–Crippen MR) is 54.2 cm³/mol. The van der Waals surface area contributed by atoms with Crippen molar-refractivity contribution in [2.45, 2.75) is 19.2 Å². The van der Waals surface area contributed by atoms with Crippen molar-refractivity contribution in [3.63, 3.8) is 0 Å². The maximum Gasteiger partial charge on any atom is 0.311 e. The third-order valence-electron chi connectivity index (χ3n) is 1.47. The fraction of sp³-hybridized carbons (Fsp3) is 0.444. The monoisotopic (exact) mass is 218 g/mol. The number of esters is 1. The van der Waals surface area contributed by atoms with Gasteiger partial charge < -0.3 is 4.74 Å². The Morgan fingerprint density at radius 2 is 2.23 bits per heavy atom. The standard InChI is InChI=1S/C9H11ClO2S/c1-2-12-9(11)5-7-3-4-8(6-10)13-7/h3-4H,2,5-6H2,1H3. The third-order valence-corrected chi connectivity index (χ3v) is 3.00. The first-order valence-corrected chi connectivity index (χ1v) is 5.40. The Hall–Kier alpha value is -0.540. The molecule has 13 heavy (non-hydrogen) atoms. The molecule has 0 saturated heterocycles. The Balaban J connectivity index is 2.49. The number of thiophene rings is 1. The Labute approximate surface area is 86.5 Å². The van der Waals surface area contributed by atoms with Crippen LogP contribution in [0.5, 0.6) is 0 Å². The number of carbonyl (C=O) groups is 1. The molecular formula is C9H11ClO2S. The first-order valence-electron chi connectivity index (χ1n) is 4.05. The van der Waals surface area contributed by atoms with E-state index in [0.29, 0.717) is 18.9 Å². The summed E-state index contributed by atoms with van der Waals surface area (Å²) in [4.78, 5) is 13.2. The van der Waals surface area contributed by atoms with Gasteiger partial charge in [0, 0.05) is 9.75 Å². The van der Waals surface area contributed by atoms with Gasteiger partial charge in [-0.05, 0) is 19.1 Å². The maximum absolute atomic E-state index is 11.1. The van der Waals surface area contributed by atoms with Gasteiger partial charge in [-0.25, -0.2) is 0 Å². The van der Waals surface area contributed by atoms with Crippen LogP contribution in [0.4, 0.5) is 0 Å². The molecule has 0 aliphatic carbocycles. The Kier molecular flexibility index (Phi) is 4.25. The van der Waals surface area contributed by atoms with Gasteiger partial charge in [-0.2, -0.15) is 0 Å². The number of hydrogen-bond donors (Lipinski definition) is 0. The lowest BCUT2D eigenvalue weighted by Gasteiger charge is -1.98. The zero-order chi connectivity index (χ0) is 9.68. The van der Waals surface area contributed by atoms with Gasteiger partial charge >= 0.3 is 5.97 Å². The summed E-state index contributed by atoms with van der Waals surface area (Å²) in [5.41, 5.74) is 0. The van der Waals surface area contributed by atoms with Crippen molar-refractivity contribution in [1.82, 2.24) is 0 Å². The molecule has 0 bridgehead atoms. The van der Waals surface area contributed by atoms with Crippen LogP contribution >= 0.6 is 22.9 Å². The van der Waals surface area contributed by atoms with Crippen molar-refractivity contribution in [1.29, 1.82) is 0 Å². The van der Waals surface area contributed by atoms with Crippen LogP contribution < -0.4 is 0 Å². The lowest BCUT2D eigenvalue weighted by atomic mass is 10.3. The summed E-state index contributed by atoms with van der Waals surface area (Å²) in [7, 11) is 0. The van der Waals surface area contributed by atoms with Gasteiger partial charge in [-0.15, -0.1) is 22.9 Å². The Bertz CT molecular complexity index is 283. The molecule has 0 aliphatic rings. The summed E-state index contributed by atoms with van der Waals surface area (Å²) in [6.07, 6.45) is 0.357. The highest BCUT2D eigenvalue weighted by molar-refractivity contribution is 7.12. The minimum atomic E-state index is -0.175. The van der Waals surface area contributed by atoms with E-state index in [1.807, 2.05) is 12.1 Å². The van der Waals surface area contributed by atoms with Crippen LogP contribution in [0.25, 0.3) is 0 Å². The van der Waals surface area contributed by atoms with Gasteiger partial charge in [-0.1, -0.05) is 0 Å². The lowest BCUT2D eigenvalue weighted by Crippen LogP contribution is -2.05. The summed E-state index contributed by atoms with van der Waals surface area (Å²) < 4.78 is 4.82. The number of alkyl halides is 1. The average Bonchev–Trinajstić information content (AvgIpc) is 2.52. The van der Waals surface area contributed by atoms with Gasteiger partial charge in [0.05, 0.1) is 18.9 Å². The largest absolute Gasteiger partial charge is 0.466 e. The normalized spacial score (nSPS) is 10.0. The van der Waals surface area contributed by atoms with Crippen LogP contribution in [0.2, 0.25) is 0 Å². The highest BCUT2D eigenvalue weighted by Gasteiger charge is 2.06. The summed E-state index contributed by atoms with van der Waals surface area (Å²) >= 11 is 7.19. The Morgan fingerprint density at radius 1 is 1.54 bits per heavy atom.